The first-order valence-corrected chi connectivity index (χ1v) is 4.89. The first-order chi connectivity index (χ1) is 6.89. The second-order valence-electron chi connectivity index (χ2n) is 4.30. The highest BCUT2D eigenvalue weighted by Crippen LogP contribution is 2.25. The molecule has 1 saturated carbocycles. The number of rotatable bonds is 1. The van der Waals surface area contributed by atoms with E-state index in [9.17, 15) is 4.79 Å². The molecule has 0 bridgehead atoms. The Bertz CT molecular complexity index is 242. The van der Waals surface area contributed by atoms with E-state index in [-0.39, 0.29) is 18.0 Å². The number of carbonyl (C=O) groups is 2. The van der Waals surface area contributed by atoms with E-state index in [1.165, 1.54) is 12.0 Å². The first-order valence-electron chi connectivity index (χ1n) is 4.89. The predicted octanol–water partition coefficient (Wildman–Crippen LogP) is 2.14. The Balaban J connectivity index is 0.000000583. The van der Waals surface area contributed by atoms with Crippen LogP contribution in [-0.2, 0) is 14.3 Å². The zero-order chi connectivity index (χ0) is 11.9. The van der Waals surface area contributed by atoms with Crippen molar-refractivity contribution in [1.29, 1.82) is 0 Å². The molecule has 0 aliphatic heterocycles. The van der Waals surface area contributed by atoms with Gasteiger partial charge in [-0.25, -0.2) is 4.79 Å². The third kappa shape index (κ3) is 7.73. The van der Waals surface area contributed by atoms with Gasteiger partial charge in [0.1, 0.15) is 5.60 Å². The molecule has 1 aliphatic carbocycles. The lowest BCUT2D eigenvalue weighted by molar-refractivity contribution is -0.148. The van der Waals surface area contributed by atoms with Crippen molar-refractivity contribution >= 4 is 12.4 Å². The average molecular weight is 214 g/mol. The molecule has 0 aromatic rings. The molecule has 1 fully saturated rings. The van der Waals surface area contributed by atoms with Gasteiger partial charge in [-0.3, -0.25) is 4.79 Å². The molecule has 0 atom stereocenters. The maximum atomic E-state index is 11.2. The molecule has 0 aromatic carbocycles. The lowest BCUT2D eigenvalue weighted by atomic mass is 9.92. The SMILES string of the molecule is CC(C)(C)OC(=O)C=C1CCC1.O=CO. The Morgan fingerprint density at radius 3 is 2.13 bits per heavy atom. The fourth-order valence-corrected chi connectivity index (χ4v) is 1.02. The van der Waals surface area contributed by atoms with Gasteiger partial charge in [0.2, 0.25) is 0 Å². The van der Waals surface area contributed by atoms with E-state index in [4.69, 9.17) is 14.6 Å². The fourth-order valence-electron chi connectivity index (χ4n) is 1.02. The van der Waals surface area contributed by atoms with Crippen LogP contribution >= 0.6 is 0 Å². The second kappa shape index (κ2) is 6.22. The summed E-state index contributed by atoms with van der Waals surface area (Å²) in [6.45, 7) is 5.39. The summed E-state index contributed by atoms with van der Waals surface area (Å²) in [5.41, 5.74) is 0.863. The molecule has 1 N–H and O–H groups in total. The summed E-state index contributed by atoms with van der Waals surface area (Å²) in [7, 11) is 0. The normalized spacial score (nSPS) is 14.2. The molecule has 0 aromatic heterocycles. The standard InChI is InChI=1S/C10H16O2.CH2O2/c1-10(2,3)12-9(11)7-8-5-4-6-8;2-1-3/h7H,4-6H2,1-3H3;1H,(H,2,3). The van der Waals surface area contributed by atoms with Crippen molar-refractivity contribution in [2.45, 2.75) is 45.6 Å². The molecule has 86 valence electrons. The van der Waals surface area contributed by atoms with E-state index < -0.39 is 0 Å². The summed E-state index contributed by atoms with van der Waals surface area (Å²) in [6.07, 6.45) is 4.99. The zero-order valence-electron chi connectivity index (χ0n) is 9.45. The van der Waals surface area contributed by atoms with Crippen LogP contribution in [0.3, 0.4) is 0 Å². The predicted molar refractivity (Wildman–Crippen MR) is 56.5 cm³/mol. The van der Waals surface area contributed by atoms with Crippen LogP contribution in [0.1, 0.15) is 40.0 Å². The van der Waals surface area contributed by atoms with Gasteiger partial charge < -0.3 is 9.84 Å². The highest BCUT2D eigenvalue weighted by Gasteiger charge is 2.16. The average Bonchev–Trinajstić information content (AvgIpc) is 1.95. The number of hydrogen-bond donors (Lipinski definition) is 1. The van der Waals surface area contributed by atoms with Crippen LogP contribution in [0.2, 0.25) is 0 Å². The summed E-state index contributed by atoms with van der Waals surface area (Å²) in [5.74, 6) is -0.197. The lowest BCUT2D eigenvalue weighted by Gasteiger charge is -2.20. The summed E-state index contributed by atoms with van der Waals surface area (Å²) in [6, 6.07) is 0. The molecule has 0 heterocycles. The van der Waals surface area contributed by atoms with Crippen molar-refractivity contribution in [2.75, 3.05) is 0 Å². The van der Waals surface area contributed by atoms with Crippen molar-refractivity contribution in [3.8, 4) is 0 Å². The van der Waals surface area contributed by atoms with Crippen molar-refractivity contribution < 1.29 is 19.4 Å². The van der Waals surface area contributed by atoms with Gasteiger partial charge in [0.25, 0.3) is 6.47 Å². The van der Waals surface area contributed by atoms with Crippen LogP contribution < -0.4 is 0 Å². The third-order valence-electron chi connectivity index (χ3n) is 1.72. The highest BCUT2D eigenvalue weighted by molar-refractivity contribution is 5.83. The number of carboxylic acid groups (broad SMARTS) is 1. The molecular formula is C11H18O4. The number of carbonyl (C=O) groups excluding carboxylic acids is 1. The minimum Gasteiger partial charge on any atom is -0.483 e. The molecule has 0 unspecified atom stereocenters. The molecule has 0 saturated heterocycles. The largest absolute Gasteiger partial charge is 0.483 e. The van der Waals surface area contributed by atoms with Crippen molar-refractivity contribution in [3.05, 3.63) is 11.6 Å². The van der Waals surface area contributed by atoms with Gasteiger partial charge in [-0.15, -0.1) is 0 Å². The molecular weight excluding hydrogens is 196 g/mol. The second-order valence-corrected chi connectivity index (χ2v) is 4.30. The van der Waals surface area contributed by atoms with Crippen LogP contribution in [0.25, 0.3) is 0 Å². The van der Waals surface area contributed by atoms with Crippen LogP contribution in [0, 0.1) is 0 Å². The van der Waals surface area contributed by atoms with Gasteiger partial charge in [-0.1, -0.05) is 5.57 Å². The molecule has 1 aliphatic rings. The third-order valence-corrected chi connectivity index (χ3v) is 1.72. The van der Waals surface area contributed by atoms with E-state index in [0.717, 1.165) is 12.8 Å². The van der Waals surface area contributed by atoms with Gasteiger partial charge in [0, 0.05) is 6.08 Å². The topological polar surface area (TPSA) is 63.6 Å². The van der Waals surface area contributed by atoms with Gasteiger partial charge >= 0.3 is 5.97 Å². The van der Waals surface area contributed by atoms with Crippen LogP contribution in [-0.4, -0.2) is 23.1 Å². The van der Waals surface area contributed by atoms with Gasteiger partial charge in [-0.05, 0) is 40.0 Å². The van der Waals surface area contributed by atoms with E-state index in [1.54, 1.807) is 6.08 Å². The molecule has 1 rings (SSSR count). The monoisotopic (exact) mass is 214 g/mol. The maximum Gasteiger partial charge on any atom is 0.331 e. The van der Waals surface area contributed by atoms with E-state index in [2.05, 4.69) is 0 Å². The highest BCUT2D eigenvalue weighted by atomic mass is 16.6. The molecule has 0 amide bonds. The number of hydrogen-bond acceptors (Lipinski definition) is 3. The van der Waals surface area contributed by atoms with Gasteiger partial charge in [-0.2, -0.15) is 0 Å². The van der Waals surface area contributed by atoms with Gasteiger partial charge in [0.05, 0.1) is 0 Å². The summed E-state index contributed by atoms with van der Waals surface area (Å²) in [4.78, 5) is 19.5. The molecule has 4 nitrogen and oxygen atoms in total. The van der Waals surface area contributed by atoms with Crippen molar-refractivity contribution in [3.63, 3.8) is 0 Å². The Labute approximate surface area is 89.9 Å². The van der Waals surface area contributed by atoms with Crippen molar-refractivity contribution in [2.24, 2.45) is 0 Å². The summed E-state index contributed by atoms with van der Waals surface area (Å²) >= 11 is 0. The van der Waals surface area contributed by atoms with E-state index in [0.29, 0.717) is 0 Å². The first kappa shape index (κ1) is 13.7. The van der Waals surface area contributed by atoms with E-state index >= 15 is 0 Å². The minimum absolute atomic E-state index is 0.197. The molecule has 0 spiro atoms. The Kier molecular flexibility index (Phi) is 5.67. The number of ether oxygens (including phenoxy) is 1. The molecule has 0 radical (unpaired) electrons. The number of esters is 1. The smallest absolute Gasteiger partial charge is 0.331 e. The molecule has 4 heteroatoms. The molecule has 15 heavy (non-hydrogen) atoms. The lowest BCUT2D eigenvalue weighted by Crippen LogP contribution is -2.23. The van der Waals surface area contributed by atoms with E-state index in [1.807, 2.05) is 20.8 Å². The summed E-state index contributed by atoms with van der Waals surface area (Å²) < 4.78 is 5.13. The van der Waals surface area contributed by atoms with Crippen LogP contribution in [0.4, 0.5) is 0 Å². The van der Waals surface area contributed by atoms with Gasteiger partial charge in [0.15, 0.2) is 0 Å². The van der Waals surface area contributed by atoms with Crippen LogP contribution in [0.15, 0.2) is 11.6 Å². The number of allylic oxidation sites excluding steroid dienone is 1. The maximum absolute atomic E-state index is 11.2. The van der Waals surface area contributed by atoms with Crippen LogP contribution in [0.5, 0.6) is 0 Å². The fraction of sp³-hybridized carbons (Fsp3) is 0.636. The zero-order valence-corrected chi connectivity index (χ0v) is 9.45. The quantitative estimate of drug-likeness (QED) is 0.412. The minimum atomic E-state index is -0.363. The Morgan fingerprint density at radius 2 is 1.87 bits per heavy atom. The summed E-state index contributed by atoms with van der Waals surface area (Å²) in [5, 5.41) is 6.89. The Hall–Kier alpha value is -1.32. The van der Waals surface area contributed by atoms with Crippen molar-refractivity contribution in [1.82, 2.24) is 0 Å². The Morgan fingerprint density at radius 1 is 1.40 bits per heavy atom.